The molecule has 0 aliphatic carbocycles. The Bertz CT molecular complexity index is 917. The highest BCUT2D eigenvalue weighted by Crippen LogP contribution is 2.14. The molecule has 0 aromatic heterocycles. The Morgan fingerprint density at radius 3 is 0.877 bits per heavy atom. The Kier molecular flexibility index (Phi) is 44.4. The van der Waals surface area contributed by atoms with Crippen LogP contribution in [0.25, 0.3) is 0 Å². The number of unbranched alkanes of at least 4 members (excludes halogenated alkanes) is 27. The molecule has 0 unspecified atom stereocenters. The molecule has 6 heteroatoms. The highest BCUT2D eigenvalue weighted by molar-refractivity contribution is 5.71. The second kappa shape index (κ2) is 46.3. The van der Waals surface area contributed by atoms with Crippen molar-refractivity contribution in [3.63, 3.8) is 0 Å². The normalized spacial score (nSPS) is 12.3. The third-order valence-corrected chi connectivity index (χ3v) is 10.6. The number of carbonyl (C=O) groups is 3. The van der Waals surface area contributed by atoms with Gasteiger partial charge in [0.15, 0.2) is 6.10 Å². The van der Waals surface area contributed by atoms with Crippen LogP contribution in [0, 0.1) is 0 Å². The summed E-state index contributed by atoms with van der Waals surface area (Å²) in [7, 11) is 0. The van der Waals surface area contributed by atoms with Gasteiger partial charge in [-0.2, -0.15) is 0 Å². The van der Waals surface area contributed by atoms with Crippen LogP contribution < -0.4 is 0 Å². The van der Waals surface area contributed by atoms with Gasteiger partial charge in [-0.1, -0.05) is 173 Å². The van der Waals surface area contributed by atoms with Crippen LogP contribution in [0.5, 0.6) is 0 Å². The summed E-state index contributed by atoms with van der Waals surface area (Å²) in [4.78, 5) is 37.8. The van der Waals surface area contributed by atoms with Crippen molar-refractivity contribution in [3.8, 4) is 0 Å². The van der Waals surface area contributed by atoms with Crippen LogP contribution >= 0.6 is 0 Å². The SMILES string of the molecule is CCCCCCC=CCCCCCCCC(=O)OCC(COC(=O)CCCCCCCC=CCCCCCC)OC(=O)CCCCCCCC=CCCCCCC. The summed E-state index contributed by atoms with van der Waals surface area (Å²) in [5, 5.41) is 0. The lowest BCUT2D eigenvalue weighted by atomic mass is 10.1. The quantitative estimate of drug-likeness (QED) is 0.0264. The first-order valence-corrected chi connectivity index (χ1v) is 24.5. The molecule has 0 saturated carbocycles. The van der Waals surface area contributed by atoms with Gasteiger partial charge in [0.05, 0.1) is 0 Å². The van der Waals surface area contributed by atoms with Crippen molar-refractivity contribution in [1.29, 1.82) is 0 Å². The molecule has 0 atom stereocenters. The maximum Gasteiger partial charge on any atom is 0.306 e. The van der Waals surface area contributed by atoms with Gasteiger partial charge in [0.1, 0.15) is 13.2 Å². The molecule has 0 aliphatic heterocycles. The van der Waals surface area contributed by atoms with Gasteiger partial charge in [-0.3, -0.25) is 14.4 Å². The first-order chi connectivity index (χ1) is 28.0. The minimum Gasteiger partial charge on any atom is -0.462 e. The smallest absolute Gasteiger partial charge is 0.306 e. The minimum absolute atomic E-state index is 0.0814. The number of allylic oxidation sites excluding steroid dienone is 6. The van der Waals surface area contributed by atoms with Crippen molar-refractivity contribution in [2.45, 2.75) is 258 Å². The van der Waals surface area contributed by atoms with Gasteiger partial charge in [-0.25, -0.2) is 0 Å². The lowest BCUT2D eigenvalue weighted by Crippen LogP contribution is -2.30. The van der Waals surface area contributed by atoms with Crippen molar-refractivity contribution < 1.29 is 28.6 Å². The predicted octanol–water partition coefficient (Wildman–Crippen LogP) is 15.8. The Morgan fingerprint density at radius 2 is 0.579 bits per heavy atom. The van der Waals surface area contributed by atoms with E-state index in [0.29, 0.717) is 19.3 Å². The molecule has 0 heterocycles. The highest BCUT2D eigenvalue weighted by Gasteiger charge is 2.19. The van der Waals surface area contributed by atoms with E-state index in [1.54, 1.807) is 0 Å². The molecule has 0 amide bonds. The van der Waals surface area contributed by atoms with E-state index in [4.69, 9.17) is 14.2 Å². The van der Waals surface area contributed by atoms with Crippen LogP contribution in [0.3, 0.4) is 0 Å². The summed E-state index contributed by atoms with van der Waals surface area (Å²) in [5.41, 5.74) is 0. The molecular formula is C51H92O6. The van der Waals surface area contributed by atoms with Gasteiger partial charge < -0.3 is 14.2 Å². The van der Waals surface area contributed by atoms with E-state index in [1.165, 1.54) is 128 Å². The molecule has 0 aromatic rings. The van der Waals surface area contributed by atoms with E-state index >= 15 is 0 Å². The second-order valence-electron chi connectivity index (χ2n) is 16.4. The van der Waals surface area contributed by atoms with Gasteiger partial charge in [-0.15, -0.1) is 0 Å². The van der Waals surface area contributed by atoms with Crippen molar-refractivity contribution in [2.75, 3.05) is 13.2 Å². The fourth-order valence-electron chi connectivity index (χ4n) is 6.84. The maximum absolute atomic E-state index is 12.7. The number of rotatable bonds is 44. The first kappa shape index (κ1) is 54.6. The van der Waals surface area contributed by atoms with Crippen LogP contribution in [0.15, 0.2) is 36.5 Å². The molecule has 6 nitrogen and oxygen atoms in total. The average molecular weight is 801 g/mol. The molecule has 0 radical (unpaired) electrons. The Hall–Kier alpha value is -2.37. The lowest BCUT2D eigenvalue weighted by Gasteiger charge is -2.18. The largest absolute Gasteiger partial charge is 0.462 e. The van der Waals surface area contributed by atoms with Crippen LogP contribution in [0.4, 0.5) is 0 Å². The van der Waals surface area contributed by atoms with E-state index in [-0.39, 0.29) is 31.1 Å². The molecule has 0 bridgehead atoms. The van der Waals surface area contributed by atoms with Gasteiger partial charge in [0.25, 0.3) is 0 Å². The van der Waals surface area contributed by atoms with Crippen LogP contribution in [-0.4, -0.2) is 37.2 Å². The zero-order valence-corrected chi connectivity index (χ0v) is 37.9. The summed E-state index contributed by atoms with van der Waals surface area (Å²) in [6.07, 6.45) is 52.6. The molecule has 0 fully saturated rings. The summed E-state index contributed by atoms with van der Waals surface area (Å²) >= 11 is 0. The summed E-state index contributed by atoms with van der Waals surface area (Å²) in [6.45, 7) is 6.57. The predicted molar refractivity (Wildman–Crippen MR) is 242 cm³/mol. The monoisotopic (exact) mass is 801 g/mol. The van der Waals surface area contributed by atoms with Gasteiger partial charge in [-0.05, 0) is 96.3 Å². The van der Waals surface area contributed by atoms with Crippen LogP contribution in [0.1, 0.15) is 252 Å². The van der Waals surface area contributed by atoms with Crippen LogP contribution in [-0.2, 0) is 28.6 Å². The van der Waals surface area contributed by atoms with Crippen molar-refractivity contribution in [3.05, 3.63) is 36.5 Å². The molecule has 0 saturated heterocycles. The van der Waals surface area contributed by atoms with E-state index in [0.717, 1.165) is 83.5 Å². The van der Waals surface area contributed by atoms with Crippen molar-refractivity contribution in [1.82, 2.24) is 0 Å². The Labute approximate surface area is 353 Å². The van der Waals surface area contributed by atoms with E-state index in [1.807, 2.05) is 0 Å². The molecule has 0 aliphatic rings. The number of hydrogen-bond donors (Lipinski definition) is 0. The lowest BCUT2D eigenvalue weighted by molar-refractivity contribution is -0.167. The number of esters is 3. The molecule has 0 rings (SSSR count). The number of ether oxygens (including phenoxy) is 3. The minimum atomic E-state index is -0.779. The summed E-state index contributed by atoms with van der Waals surface area (Å²) in [5.74, 6) is -0.903. The summed E-state index contributed by atoms with van der Waals surface area (Å²) < 4.78 is 16.7. The fraction of sp³-hybridized carbons (Fsp3) is 0.824. The highest BCUT2D eigenvalue weighted by atomic mass is 16.6. The third-order valence-electron chi connectivity index (χ3n) is 10.6. The number of carbonyl (C=O) groups excluding carboxylic acids is 3. The summed E-state index contributed by atoms with van der Waals surface area (Å²) in [6, 6.07) is 0. The van der Waals surface area contributed by atoms with Crippen molar-refractivity contribution in [2.24, 2.45) is 0 Å². The van der Waals surface area contributed by atoms with Crippen LogP contribution in [0.2, 0.25) is 0 Å². The average Bonchev–Trinajstić information content (AvgIpc) is 3.21. The van der Waals surface area contributed by atoms with E-state index in [9.17, 15) is 14.4 Å². The molecule has 0 N–H and O–H groups in total. The van der Waals surface area contributed by atoms with E-state index < -0.39 is 6.10 Å². The second-order valence-corrected chi connectivity index (χ2v) is 16.4. The van der Waals surface area contributed by atoms with E-state index in [2.05, 4.69) is 57.2 Å². The molecule has 57 heavy (non-hydrogen) atoms. The first-order valence-electron chi connectivity index (χ1n) is 24.5. The van der Waals surface area contributed by atoms with Gasteiger partial charge in [0, 0.05) is 19.3 Å². The molecular weight excluding hydrogens is 709 g/mol. The third kappa shape index (κ3) is 44.6. The molecule has 0 spiro atoms. The van der Waals surface area contributed by atoms with Crippen molar-refractivity contribution >= 4 is 17.9 Å². The zero-order valence-electron chi connectivity index (χ0n) is 37.9. The van der Waals surface area contributed by atoms with Gasteiger partial charge >= 0.3 is 17.9 Å². The topological polar surface area (TPSA) is 78.9 Å². The standard InChI is InChI=1S/C51H92O6/c1-4-7-10-13-16-19-22-25-28-31-34-37-40-43-49(52)55-46-48(57-51(54)45-42-39-36-33-30-27-24-21-18-15-12-9-6-3)47-56-50(53)44-41-38-35-32-29-26-23-20-17-14-11-8-5-2/h19-24,48H,4-18,25-47H2,1-3H3. The maximum atomic E-state index is 12.7. The molecule has 332 valence electrons. The Morgan fingerprint density at radius 1 is 0.333 bits per heavy atom. The Balaban J connectivity index is 4.40. The fourth-order valence-corrected chi connectivity index (χ4v) is 6.84. The number of hydrogen-bond acceptors (Lipinski definition) is 6. The molecule has 0 aromatic carbocycles. The zero-order chi connectivity index (χ0) is 41.5. The van der Waals surface area contributed by atoms with Gasteiger partial charge in [0.2, 0.25) is 0 Å².